The van der Waals surface area contributed by atoms with Gasteiger partial charge in [0.25, 0.3) is 0 Å². The van der Waals surface area contributed by atoms with E-state index in [9.17, 15) is 4.79 Å². The summed E-state index contributed by atoms with van der Waals surface area (Å²) in [5, 5.41) is 2.00. The molecule has 0 amide bonds. The maximum absolute atomic E-state index is 11.8. The van der Waals surface area contributed by atoms with E-state index in [1.54, 1.807) is 11.3 Å². The molecule has 0 bridgehead atoms. The van der Waals surface area contributed by atoms with Gasteiger partial charge in [0.1, 0.15) is 5.78 Å². The monoisotopic (exact) mass is 274 g/mol. The summed E-state index contributed by atoms with van der Waals surface area (Å²) < 4.78 is 6.25. The Morgan fingerprint density at radius 1 is 1.71 bits per heavy atom. The van der Waals surface area contributed by atoms with E-state index in [-0.39, 0.29) is 5.92 Å². The third-order valence-electron chi connectivity index (χ3n) is 2.41. The molecule has 1 saturated heterocycles. The molecular formula is C10H11BrO2S. The molecule has 1 unspecified atom stereocenters. The first-order chi connectivity index (χ1) is 6.77. The first-order valence-corrected chi connectivity index (χ1v) is 6.27. The van der Waals surface area contributed by atoms with Gasteiger partial charge in [-0.15, -0.1) is 11.3 Å². The van der Waals surface area contributed by atoms with Crippen LogP contribution in [0.5, 0.6) is 0 Å². The van der Waals surface area contributed by atoms with Crippen LogP contribution in [0.1, 0.15) is 11.3 Å². The first kappa shape index (κ1) is 10.3. The molecule has 0 aliphatic carbocycles. The van der Waals surface area contributed by atoms with Crippen molar-refractivity contribution in [2.45, 2.75) is 12.8 Å². The standard InChI is InChI=1S/C10H11BrO2S/c11-8-2-4-14-10(8)5-9(12)7-1-3-13-6-7/h2,4,7H,1,3,5-6H2. The van der Waals surface area contributed by atoms with Crippen molar-refractivity contribution in [1.29, 1.82) is 0 Å². The van der Waals surface area contributed by atoms with E-state index in [2.05, 4.69) is 15.9 Å². The molecule has 1 aromatic rings. The fourth-order valence-corrected chi connectivity index (χ4v) is 3.04. The van der Waals surface area contributed by atoms with Crippen molar-refractivity contribution in [2.75, 3.05) is 13.2 Å². The third-order valence-corrected chi connectivity index (χ3v) is 4.34. The van der Waals surface area contributed by atoms with Crippen molar-refractivity contribution in [3.8, 4) is 0 Å². The van der Waals surface area contributed by atoms with Crippen LogP contribution >= 0.6 is 27.3 Å². The Kier molecular flexibility index (Phi) is 3.36. The van der Waals surface area contributed by atoms with Crippen LogP contribution < -0.4 is 0 Å². The molecule has 2 nitrogen and oxygen atoms in total. The van der Waals surface area contributed by atoms with Gasteiger partial charge in [-0.2, -0.15) is 0 Å². The zero-order valence-electron chi connectivity index (χ0n) is 7.66. The van der Waals surface area contributed by atoms with Crippen LogP contribution in [0, 0.1) is 5.92 Å². The smallest absolute Gasteiger partial charge is 0.143 e. The Morgan fingerprint density at radius 2 is 2.57 bits per heavy atom. The number of ketones is 1. The highest BCUT2D eigenvalue weighted by atomic mass is 79.9. The van der Waals surface area contributed by atoms with E-state index in [0.29, 0.717) is 18.8 Å². The molecule has 0 N–H and O–H groups in total. The second kappa shape index (κ2) is 4.55. The molecule has 0 aromatic carbocycles. The highest BCUT2D eigenvalue weighted by Crippen LogP contribution is 2.25. The number of carbonyl (C=O) groups excluding carboxylic acids is 1. The number of rotatable bonds is 3. The molecule has 1 aromatic heterocycles. The lowest BCUT2D eigenvalue weighted by atomic mass is 10.0. The fourth-order valence-electron chi connectivity index (χ4n) is 1.54. The molecular weight excluding hydrogens is 264 g/mol. The third kappa shape index (κ3) is 2.24. The molecule has 2 heterocycles. The van der Waals surface area contributed by atoms with Crippen LogP contribution in [0.4, 0.5) is 0 Å². The Hall–Kier alpha value is -0.190. The van der Waals surface area contributed by atoms with E-state index in [1.807, 2.05) is 11.4 Å². The average Bonchev–Trinajstić information content (AvgIpc) is 2.77. The number of halogens is 1. The van der Waals surface area contributed by atoms with Crippen molar-refractivity contribution in [3.63, 3.8) is 0 Å². The molecule has 1 aliphatic rings. The zero-order chi connectivity index (χ0) is 9.97. The van der Waals surface area contributed by atoms with Gasteiger partial charge in [-0.3, -0.25) is 4.79 Å². The van der Waals surface area contributed by atoms with E-state index in [4.69, 9.17) is 4.74 Å². The zero-order valence-corrected chi connectivity index (χ0v) is 10.1. The molecule has 1 atom stereocenters. The quantitative estimate of drug-likeness (QED) is 0.847. The number of carbonyl (C=O) groups is 1. The summed E-state index contributed by atoms with van der Waals surface area (Å²) in [6.07, 6.45) is 1.44. The molecule has 76 valence electrons. The minimum absolute atomic E-state index is 0.129. The second-order valence-corrected chi connectivity index (χ2v) is 5.25. The van der Waals surface area contributed by atoms with Gasteiger partial charge in [0.2, 0.25) is 0 Å². The summed E-state index contributed by atoms with van der Waals surface area (Å²) in [5.41, 5.74) is 0. The van der Waals surface area contributed by atoms with Crippen molar-refractivity contribution in [2.24, 2.45) is 5.92 Å². The highest BCUT2D eigenvalue weighted by molar-refractivity contribution is 9.10. The van der Waals surface area contributed by atoms with Crippen LogP contribution in [0.25, 0.3) is 0 Å². The lowest BCUT2D eigenvalue weighted by Crippen LogP contribution is -2.16. The van der Waals surface area contributed by atoms with Crippen LogP contribution in [0.2, 0.25) is 0 Å². The van der Waals surface area contributed by atoms with E-state index < -0.39 is 0 Å². The summed E-state index contributed by atoms with van der Waals surface area (Å²) in [5.74, 6) is 0.439. The van der Waals surface area contributed by atoms with Crippen LogP contribution in [0.15, 0.2) is 15.9 Å². The Balaban J connectivity index is 1.97. The van der Waals surface area contributed by atoms with E-state index in [1.165, 1.54) is 0 Å². The Labute approximate surface area is 95.4 Å². The number of thiophene rings is 1. The summed E-state index contributed by atoms with van der Waals surface area (Å²) >= 11 is 5.06. The predicted molar refractivity (Wildman–Crippen MR) is 59.7 cm³/mol. The maximum Gasteiger partial charge on any atom is 0.143 e. The number of ether oxygens (including phenoxy) is 1. The molecule has 14 heavy (non-hydrogen) atoms. The normalized spacial score (nSPS) is 21.4. The van der Waals surface area contributed by atoms with Crippen molar-refractivity contribution in [3.05, 3.63) is 20.8 Å². The molecule has 4 heteroatoms. The van der Waals surface area contributed by atoms with Crippen molar-refractivity contribution >= 4 is 33.0 Å². The minimum Gasteiger partial charge on any atom is -0.381 e. The number of hydrogen-bond acceptors (Lipinski definition) is 3. The number of Topliss-reactive ketones (excluding diaryl/α,β-unsaturated/α-hetero) is 1. The van der Waals surface area contributed by atoms with Gasteiger partial charge >= 0.3 is 0 Å². The molecule has 1 fully saturated rings. The molecule has 0 spiro atoms. The SMILES string of the molecule is O=C(Cc1sccc1Br)C1CCOC1. The minimum atomic E-state index is 0.129. The lowest BCUT2D eigenvalue weighted by Gasteiger charge is -2.04. The molecule has 2 rings (SSSR count). The summed E-state index contributed by atoms with van der Waals surface area (Å²) in [6.45, 7) is 1.35. The van der Waals surface area contributed by atoms with Crippen molar-refractivity contribution in [1.82, 2.24) is 0 Å². The topological polar surface area (TPSA) is 26.3 Å². The van der Waals surface area contributed by atoms with Crippen molar-refractivity contribution < 1.29 is 9.53 Å². The van der Waals surface area contributed by atoms with Crippen LogP contribution in [-0.4, -0.2) is 19.0 Å². The van der Waals surface area contributed by atoms with Gasteiger partial charge in [0.05, 0.1) is 6.61 Å². The molecule has 0 saturated carbocycles. The Bertz CT molecular complexity index is 329. The van der Waals surface area contributed by atoms with Gasteiger partial charge in [0.15, 0.2) is 0 Å². The first-order valence-electron chi connectivity index (χ1n) is 4.59. The lowest BCUT2D eigenvalue weighted by molar-refractivity contribution is -0.122. The molecule has 0 radical (unpaired) electrons. The van der Waals surface area contributed by atoms with E-state index >= 15 is 0 Å². The Morgan fingerprint density at radius 3 is 3.14 bits per heavy atom. The van der Waals surface area contributed by atoms with Gasteiger partial charge in [-0.05, 0) is 33.8 Å². The average molecular weight is 275 g/mol. The van der Waals surface area contributed by atoms with Gasteiger partial charge in [-0.1, -0.05) is 0 Å². The summed E-state index contributed by atoms with van der Waals surface area (Å²) in [6, 6.07) is 1.98. The van der Waals surface area contributed by atoms with Crippen LogP contribution in [-0.2, 0) is 16.0 Å². The highest BCUT2D eigenvalue weighted by Gasteiger charge is 2.24. The van der Waals surface area contributed by atoms with Gasteiger partial charge in [0, 0.05) is 28.3 Å². The fraction of sp³-hybridized carbons (Fsp3) is 0.500. The second-order valence-electron chi connectivity index (χ2n) is 3.40. The predicted octanol–water partition coefficient (Wildman–Crippen LogP) is 2.66. The van der Waals surface area contributed by atoms with Gasteiger partial charge < -0.3 is 4.74 Å². The number of hydrogen-bond donors (Lipinski definition) is 0. The van der Waals surface area contributed by atoms with Gasteiger partial charge in [-0.25, -0.2) is 0 Å². The maximum atomic E-state index is 11.8. The largest absolute Gasteiger partial charge is 0.381 e. The summed E-state index contributed by atoms with van der Waals surface area (Å²) in [7, 11) is 0. The molecule has 1 aliphatic heterocycles. The van der Waals surface area contributed by atoms with Crippen LogP contribution in [0.3, 0.4) is 0 Å². The van der Waals surface area contributed by atoms with E-state index in [0.717, 1.165) is 22.4 Å². The summed E-state index contributed by atoms with van der Waals surface area (Å²) in [4.78, 5) is 12.9.